The molecule has 1 N–H and O–H groups in total. The van der Waals surface area contributed by atoms with Gasteiger partial charge >= 0.3 is 12.1 Å². The van der Waals surface area contributed by atoms with E-state index in [9.17, 15) is 14.7 Å². The molecule has 5 heteroatoms. The molecule has 134 valence electrons. The molecule has 0 aromatic rings. The summed E-state index contributed by atoms with van der Waals surface area (Å²) in [6.45, 7) is 10.00. The summed E-state index contributed by atoms with van der Waals surface area (Å²) < 4.78 is 5.48. The molecule has 1 atom stereocenters. The summed E-state index contributed by atoms with van der Waals surface area (Å²) >= 11 is 0. The van der Waals surface area contributed by atoms with Gasteiger partial charge in [-0.2, -0.15) is 0 Å². The van der Waals surface area contributed by atoms with Gasteiger partial charge in [-0.3, -0.25) is 4.90 Å². The van der Waals surface area contributed by atoms with E-state index < -0.39 is 23.7 Å². The lowest BCUT2D eigenvalue weighted by Crippen LogP contribution is -2.51. The molecule has 23 heavy (non-hydrogen) atoms. The Labute approximate surface area is 140 Å². The van der Waals surface area contributed by atoms with Gasteiger partial charge in [0.05, 0.1) is 0 Å². The minimum atomic E-state index is -0.911. The van der Waals surface area contributed by atoms with E-state index in [2.05, 4.69) is 13.8 Å². The smallest absolute Gasteiger partial charge is 0.411 e. The van der Waals surface area contributed by atoms with Gasteiger partial charge in [-0.25, -0.2) is 9.59 Å². The maximum atomic E-state index is 12.6. The molecule has 0 aromatic heterocycles. The number of carboxylic acids is 1. The van der Waals surface area contributed by atoms with Crippen LogP contribution in [0.1, 0.15) is 73.1 Å². The molecule has 5 nitrogen and oxygen atoms in total. The van der Waals surface area contributed by atoms with Crippen LogP contribution in [-0.2, 0) is 9.53 Å². The second-order valence-electron chi connectivity index (χ2n) is 8.04. The van der Waals surface area contributed by atoms with E-state index in [0.717, 1.165) is 38.5 Å². The van der Waals surface area contributed by atoms with Gasteiger partial charge in [0.2, 0.25) is 0 Å². The molecule has 0 aliphatic heterocycles. The molecule has 1 rings (SSSR count). The average Bonchev–Trinajstić information content (AvgIpc) is 2.41. The average molecular weight is 327 g/mol. The van der Waals surface area contributed by atoms with Crippen LogP contribution < -0.4 is 0 Å². The van der Waals surface area contributed by atoms with Gasteiger partial charge in [-0.05, 0) is 51.9 Å². The second kappa shape index (κ2) is 8.55. The first-order valence-electron chi connectivity index (χ1n) is 8.84. The van der Waals surface area contributed by atoms with Crippen LogP contribution in [0.2, 0.25) is 0 Å². The van der Waals surface area contributed by atoms with Gasteiger partial charge < -0.3 is 9.84 Å². The van der Waals surface area contributed by atoms with E-state index in [4.69, 9.17) is 4.74 Å². The van der Waals surface area contributed by atoms with E-state index in [1.807, 2.05) is 20.8 Å². The zero-order valence-corrected chi connectivity index (χ0v) is 15.3. The van der Waals surface area contributed by atoms with Gasteiger partial charge in [-0.1, -0.05) is 33.1 Å². The summed E-state index contributed by atoms with van der Waals surface area (Å²) in [5, 5.41) is 9.76. The predicted molar refractivity (Wildman–Crippen MR) is 90.4 cm³/mol. The molecular formula is C18H33NO4. The minimum Gasteiger partial charge on any atom is -0.480 e. The van der Waals surface area contributed by atoms with Crippen molar-refractivity contribution in [2.75, 3.05) is 6.54 Å². The largest absolute Gasteiger partial charge is 0.480 e. The van der Waals surface area contributed by atoms with E-state index in [-0.39, 0.29) is 5.92 Å². The van der Waals surface area contributed by atoms with Crippen LogP contribution in [0, 0.1) is 11.8 Å². The molecule has 1 aliphatic rings. The van der Waals surface area contributed by atoms with Crippen LogP contribution in [0.4, 0.5) is 4.79 Å². The molecule has 0 heterocycles. The van der Waals surface area contributed by atoms with Crippen molar-refractivity contribution >= 4 is 12.1 Å². The second-order valence-corrected chi connectivity index (χ2v) is 8.04. The quantitative estimate of drug-likeness (QED) is 0.789. The number of hydrogen-bond donors (Lipinski definition) is 1. The Morgan fingerprint density at radius 3 is 2.17 bits per heavy atom. The third-order valence-electron chi connectivity index (χ3n) is 4.26. The van der Waals surface area contributed by atoms with Crippen LogP contribution in [0.25, 0.3) is 0 Å². The Morgan fingerprint density at radius 2 is 1.74 bits per heavy atom. The molecule has 1 fully saturated rings. The fraction of sp³-hybridized carbons (Fsp3) is 0.889. The standard InChI is InChI=1S/C18H33NO4/c1-13(2)11-12-19(17(22)23-18(3,4)5)15(16(20)21)14-9-7-6-8-10-14/h13-15H,6-12H2,1-5H3,(H,20,21)/t15-/m0/s1. The van der Waals surface area contributed by atoms with E-state index >= 15 is 0 Å². The van der Waals surface area contributed by atoms with Gasteiger partial charge in [0, 0.05) is 6.54 Å². The number of carbonyl (C=O) groups is 2. The molecule has 0 unspecified atom stereocenters. The summed E-state index contributed by atoms with van der Waals surface area (Å²) in [4.78, 5) is 26.0. The van der Waals surface area contributed by atoms with E-state index in [1.165, 1.54) is 4.90 Å². The highest BCUT2D eigenvalue weighted by Crippen LogP contribution is 2.30. The normalized spacial score (nSPS) is 17.8. The summed E-state index contributed by atoms with van der Waals surface area (Å²) in [7, 11) is 0. The predicted octanol–water partition coefficient (Wildman–Crippen LogP) is 4.30. The molecule has 0 saturated heterocycles. The zero-order valence-electron chi connectivity index (χ0n) is 15.3. The first-order valence-corrected chi connectivity index (χ1v) is 8.84. The van der Waals surface area contributed by atoms with Crippen LogP contribution in [0.3, 0.4) is 0 Å². The molecular weight excluding hydrogens is 294 g/mol. The van der Waals surface area contributed by atoms with Crippen molar-refractivity contribution in [3.05, 3.63) is 0 Å². The number of carboxylic acid groups (broad SMARTS) is 1. The Balaban J connectivity index is 2.96. The number of aliphatic carboxylic acids is 1. The van der Waals surface area contributed by atoms with Crippen LogP contribution in [0.5, 0.6) is 0 Å². The van der Waals surface area contributed by atoms with Crippen molar-refractivity contribution in [2.24, 2.45) is 11.8 Å². The van der Waals surface area contributed by atoms with Crippen LogP contribution >= 0.6 is 0 Å². The number of amides is 1. The fourth-order valence-corrected chi connectivity index (χ4v) is 3.10. The van der Waals surface area contributed by atoms with Crippen LogP contribution in [-0.4, -0.2) is 40.3 Å². The van der Waals surface area contributed by atoms with Crippen molar-refractivity contribution in [1.82, 2.24) is 4.90 Å². The van der Waals surface area contributed by atoms with Crippen molar-refractivity contribution in [2.45, 2.75) is 84.8 Å². The number of hydrogen-bond acceptors (Lipinski definition) is 3. The molecule has 1 aliphatic carbocycles. The molecule has 0 radical (unpaired) electrons. The monoisotopic (exact) mass is 327 g/mol. The van der Waals surface area contributed by atoms with Gasteiger partial charge in [0.25, 0.3) is 0 Å². The van der Waals surface area contributed by atoms with E-state index in [0.29, 0.717) is 12.5 Å². The lowest BCUT2D eigenvalue weighted by atomic mass is 9.83. The maximum absolute atomic E-state index is 12.6. The molecule has 0 aromatic carbocycles. The maximum Gasteiger partial charge on any atom is 0.411 e. The minimum absolute atomic E-state index is 0.0286. The highest BCUT2D eigenvalue weighted by atomic mass is 16.6. The molecule has 1 amide bonds. The van der Waals surface area contributed by atoms with Gasteiger partial charge in [0.15, 0.2) is 0 Å². The summed E-state index contributed by atoms with van der Waals surface area (Å²) in [6, 6.07) is -0.774. The Morgan fingerprint density at radius 1 is 1.17 bits per heavy atom. The van der Waals surface area contributed by atoms with E-state index in [1.54, 1.807) is 0 Å². The lowest BCUT2D eigenvalue weighted by Gasteiger charge is -2.37. The third kappa shape index (κ3) is 6.80. The first-order chi connectivity index (χ1) is 10.6. The Hall–Kier alpha value is -1.26. The topological polar surface area (TPSA) is 66.8 Å². The summed E-state index contributed by atoms with van der Waals surface area (Å²) in [5.41, 5.74) is -0.622. The number of carbonyl (C=O) groups excluding carboxylic acids is 1. The molecule has 0 spiro atoms. The summed E-state index contributed by atoms with van der Waals surface area (Å²) in [6.07, 6.45) is 5.25. The number of ether oxygens (including phenoxy) is 1. The summed E-state index contributed by atoms with van der Waals surface area (Å²) in [5.74, 6) is -0.479. The number of rotatable bonds is 6. The lowest BCUT2D eigenvalue weighted by molar-refractivity contribution is -0.146. The molecule has 1 saturated carbocycles. The SMILES string of the molecule is CC(C)CCN(C(=O)OC(C)(C)C)[C@H](C(=O)O)C1CCCCC1. The van der Waals surface area contributed by atoms with Gasteiger partial charge in [0.1, 0.15) is 11.6 Å². The van der Waals surface area contributed by atoms with Crippen molar-refractivity contribution < 1.29 is 19.4 Å². The van der Waals surface area contributed by atoms with Crippen molar-refractivity contribution in [3.8, 4) is 0 Å². The molecule has 0 bridgehead atoms. The Kier molecular flexibility index (Phi) is 7.36. The highest BCUT2D eigenvalue weighted by Gasteiger charge is 2.38. The first kappa shape index (κ1) is 19.8. The van der Waals surface area contributed by atoms with Crippen molar-refractivity contribution in [1.29, 1.82) is 0 Å². The zero-order chi connectivity index (χ0) is 17.6. The third-order valence-corrected chi connectivity index (χ3v) is 4.26. The highest BCUT2D eigenvalue weighted by molar-refractivity contribution is 5.80. The number of nitrogens with zero attached hydrogens (tertiary/aromatic N) is 1. The van der Waals surface area contributed by atoms with Gasteiger partial charge in [-0.15, -0.1) is 0 Å². The Bertz CT molecular complexity index is 394. The fourth-order valence-electron chi connectivity index (χ4n) is 3.10. The van der Waals surface area contributed by atoms with Crippen LogP contribution in [0.15, 0.2) is 0 Å². The van der Waals surface area contributed by atoms with Crippen molar-refractivity contribution in [3.63, 3.8) is 0 Å².